The van der Waals surface area contributed by atoms with Gasteiger partial charge in [-0.05, 0) is 24.6 Å². The summed E-state index contributed by atoms with van der Waals surface area (Å²) in [6.45, 7) is 1.72. The normalized spacial score (nSPS) is 10.7. The minimum absolute atomic E-state index is 0.0766. The highest BCUT2D eigenvalue weighted by Gasteiger charge is 2.06. The maximum Gasteiger partial charge on any atom is 0.330 e. The van der Waals surface area contributed by atoms with Crippen LogP contribution >= 0.6 is 23.2 Å². The maximum atomic E-state index is 10.9. The molecule has 0 bridgehead atoms. The van der Waals surface area contributed by atoms with Crippen LogP contribution in [0.2, 0.25) is 10.4 Å². The zero-order valence-corrected chi connectivity index (χ0v) is 9.63. The number of hydrogen-bond acceptors (Lipinski definition) is 4. The molecular weight excluding hydrogens is 239 g/mol. The van der Waals surface area contributed by atoms with Crippen molar-refractivity contribution in [2.24, 2.45) is 0 Å². The number of aryl methyl sites for hydroxylation is 1. The molecule has 0 saturated carbocycles. The minimum atomic E-state index is -0.472. The average molecular weight is 247 g/mol. The second-order valence-corrected chi connectivity index (χ2v) is 3.34. The molecule has 4 nitrogen and oxygen atoms in total. The third-order valence-electron chi connectivity index (χ3n) is 1.65. The molecule has 1 aromatic rings. The van der Waals surface area contributed by atoms with Crippen LogP contribution in [0.15, 0.2) is 6.08 Å². The van der Waals surface area contributed by atoms with Crippen LogP contribution in [-0.2, 0) is 9.53 Å². The molecule has 1 aromatic heterocycles. The van der Waals surface area contributed by atoms with Crippen LogP contribution in [0.4, 0.5) is 0 Å². The van der Waals surface area contributed by atoms with Gasteiger partial charge in [0.25, 0.3) is 0 Å². The van der Waals surface area contributed by atoms with E-state index in [1.165, 1.54) is 19.3 Å². The molecule has 0 aliphatic rings. The number of carbonyl (C=O) groups is 1. The molecule has 6 heteroatoms. The second-order valence-electron chi connectivity index (χ2n) is 2.64. The number of nitrogens with zero attached hydrogens (tertiary/aromatic N) is 2. The van der Waals surface area contributed by atoms with Crippen molar-refractivity contribution in [1.82, 2.24) is 9.97 Å². The molecule has 0 aliphatic heterocycles. The fraction of sp³-hybridized carbons (Fsp3) is 0.222. The second kappa shape index (κ2) is 5.09. The van der Waals surface area contributed by atoms with Gasteiger partial charge in [-0.15, -0.1) is 0 Å². The van der Waals surface area contributed by atoms with Gasteiger partial charge in [0, 0.05) is 11.6 Å². The van der Waals surface area contributed by atoms with E-state index in [-0.39, 0.29) is 10.4 Å². The number of rotatable bonds is 2. The standard InChI is InChI=1S/C9H8Cl2N2O2/c1-5-6(3-4-7(14)15-2)8(10)13-9(11)12-5/h3-4H,1-2H3/b4-3+. The smallest absolute Gasteiger partial charge is 0.330 e. The number of aromatic nitrogens is 2. The molecule has 0 atom stereocenters. The Hall–Kier alpha value is -1.13. The van der Waals surface area contributed by atoms with E-state index in [9.17, 15) is 4.79 Å². The van der Waals surface area contributed by atoms with Crippen LogP contribution in [0, 0.1) is 6.92 Å². The van der Waals surface area contributed by atoms with Gasteiger partial charge < -0.3 is 4.74 Å². The van der Waals surface area contributed by atoms with Crippen LogP contribution in [0.3, 0.4) is 0 Å². The molecule has 0 saturated heterocycles. The first-order valence-corrected chi connectivity index (χ1v) is 4.76. The lowest BCUT2D eigenvalue weighted by Crippen LogP contribution is -1.96. The largest absolute Gasteiger partial charge is 0.466 e. The third-order valence-corrected chi connectivity index (χ3v) is 2.11. The summed E-state index contributed by atoms with van der Waals surface area (Å²) in [6.07, 6.45) is 2.73. The number of ether oxygens (including phenoxy) is 1. The van der Waals surface area contributed by atoms with Crippen LogP contribution in [0.5, 0.6) is 0 Å². The number of esters is 1. The van der Waals surface area contributed by atoms with E-state index < -0.39 is 5.97 Å². The van der Waals surface area contributed by atoms with Gasteiger partial charge in [-0.1, -0.05) is 11.6 Å². The first kappa shape index (κ1) is 11.9. The van der Waals surface area contributed by atoms with Crippen molar-refractivity contribution in [2.75, 3.05) is 7.11 Å². The summed E-state index contributed by atoms with van der Waals surface area (Å²) in [4.78, 5) is 18.5. The molecule has 0 radical (unpaired) electrons. The van der Waals surface area contributed by atoms with Crippen molar-refractivity contribution in [2.45, 2.75) is 6.92 Å². The van der Waals surface area contributed by atoms with Gasteiger partial charge in [-0.2, -0.15) is 0 Å². The van der Waals surface area contributed by atoms with E-state index >= 15 is 0 Å². The zero-order chi connectivity index (χ0) is 11.4. The molecular formula is C9H8Cl2N2O2. The Morgan fingerprint density at radius 3 is 2.60 bits per heavy atom. The van der Waals surface area contributed by atoms with Crippen LogP contribution in [0.1, 0.15) is 11.3 Å². The summed E-state index contributed by atoms with van der Waals surface area (Å²) >= 11 is 11.4. The number of carbonyl (C=O) groups excluding carboxylic acids is 1. The summed E-state index contributed by atoms with van der Waals surface area (Å²) in [7, 11) is 1.29. The topological polar surface area (TPSA) is 52.1 Å². The van der Waals surface area contributed by atoms with E-state index in [1.807, 2.05) is 0 Å². The summed E-state index contributed by atoms with van der Waals surface area (Å²) in [5.74, 6) is -0.472. The number of methoxy groups -OCH3 is 1. The lowest BCUT2D eigenvalue weighted by Gasteiger charge is -2.01. The molecule has 0 spiro atoms. The summed E-state index contributed by atoms with van der Waals surface area (Å²) in [6, 6.07) is 0. The molecule has 0 N–H and O–H groups in total. The van der Waals surface area contributed by atoms with Crippen LogP contribution in [-0.4, -0.2) is 23.0 Å². The molecule has 0 amide bonds. The van der Waals surface area contributed by atoms with E-state index in [1.54, 1.807) is 6.92 Å². The Kier molecular flexibility index (Phi) is 4.05. The first-order chi connectivity index (χ1) is 7.04. The Balaban J connectivity index is 3.05. The van der Waals surface area contributed by atoms with E-state index in [0.717, 1.165) is 0 Å². The van der Waals surface area contributed by atoms with Gasteiger partial charge in [0.1, 0.15) is 5.15 Å². The number of hydrogen-bond donors (Lipinski definition) is 0. The van der Waals surface area contributed by atoms with Gasteiger partial charge in [-0.3, -0.25) is 0 Å². The Morgan fingerprint density at radius 2 is 2.07 bits per heavy atom. The molecule has 15 heavy (non-hydrogen) atoms. The highest BCUT2D eigenvalue weighted by Crippen LogP contribution is 2.19. The molecule has 1 heterocycles. The maximum absolute atomic E-state index is 10.9. The van der Waals surface area contributed by atoms with Crippen molar-refractivity contribution >= 4 is 35.2 Å². The molecule has 0 aromatic carbocycles. The van der Waals surface area contributed by atoms with Crippen LogP contribution < -0.4 is 0 Å². The Labute approximate surface area is 96.9 Å². The fourth-order valence-electron chi connectivity index (χ4n) is 0.923. The Morgan fingerprint density at radius 1 is 1.40 bits per heavy atom. The molecule has 0 aliphatic carbocycles. The van der Waals surface area contributed by atoms with Gasteiger partial charge in [0.05, 0.1) is 12.8 Å². The van der Waals surface area contributed by atoms with Gasteiger partial charge in [0.15, 0.2) is 0 Å². The quantitative estimate of drug-likeness (QED) is 0.348. The predicted octanol–water partition coefficient (Wildman–Crippen LogP) is 2.28. The summed E-state index contributed by atoms with van der Waals surface area (Å²) < 4.78 is 4.44. The van der Waals surface area contributed by atoms with Crippen molar-refractivity contribution in [3.05, 3.63) is 27.8 Å². The molecule has 80 valence electrons. The molecule has 0 fully saturated rings. The molecule has 0 unspecified atom stereocenters. The summed E-state index contributed by atoms with van der Waals surface area (Å²) in [5.41, 5.74) is 1.15. The van der Waals surface area contributed by atoms with Crippen molar-refractivity contribution in [3.63, 3.8) is 0 Å². The fourth-order valence-corrected chi connectivity index (χ4v) is 1.46. The summed E-state index contributed by atoms with van der Waals surface area (Å²) in [5, 5.41) is 0.278. The van der Waals surface area contributed by atoms with Crippen molar-refractivity contribution < 1.29 is 9.53 Å². The SMILES string of the molecule is COC(=O)/C=C/c1c(C)nc(Cl)nc1Cl. The van der Waals surface area contributed by atoms with Crippen LogP contribution in [0.25, 0.3) is 6.08 Å². The third kappa shape index (κ3) is 3.18. The van der Waals surface area contributed by atoms with Crippen molar-refractivity contribution in [1.29, 1.82) is 0 Å². The minimum Gasteiger partial charge on any atom is -0.466 e. The highest BCUT2D eigenvalue weighted by atomic mass is 35.5. The van der Waals surface area contributed by atoms with E-state index in [4.69, 9.17) is 23.2 Å². The average Bonchev–Trinajstić information content (AvgIpc) is 2.15. The van der Waals surface area contributed by atoms with Gasteiger partial charge in [-0.25, -0.2) is 14.8 Å². The van der Waals surface area contributed by atoms with Gasteiger partial charge in [0.2, 0.25) is 5.28 Å². The molecule has 1 rings (SSSR count). The van der Waals surface area contributed by atoms with E-state index in [2.05, 4.69) is 14.7 Å². The number of halogens is 2. The monoisotopic (exact) mass is 246 g/mol. The predicted molar refractivity (Wildman–Crippen MR) is 57.8 cm³/mol. The lowest BCUT2D eigenvalue weighted by molar-refractivity contribution is -0.134. The Bertz CT molecular complexity index is 396. The van der Waals surface area contributed by atoms with Gasteiger partial charge >= 0.3 is 5.97 Å². The zero-order valence-electron chi connectivity index (χ0n) is 8.12. The highest BCUT2D eigenvalue weighted by molar-refractivity contribution is 6.32. The lowest BCUT2D eigenvalue weighted by atomic mass is 10.2. The first-order valence-electron chi connectivity index (χ1n) is 4.00. The van der Waals surface area contributed by atoms with E-state index in [0.29, 0.717) is 11.3 Å². The van der Waals surface area contributed by atoms with Crippen molar-refractivity contribution in [3.8, 4) is 0 Å².